The van der Waals surface area contributed by atoms with E-state index < -0.39 is 47.4 Å². The number of carbonyl (C=O) groups is 5. The minimum atomic E-state index is -0.588. The number of likely N-dealkylation sites (tertiary alicyclic amines) is 1. The molecule has 1 aromatic carbocycles. The summed E-state index contributed by atoms with van der Waals surface area (Å²) in [5.41, 5.74) is 1.72. The van der Waals surface area contributed by atoms with Crippen molar-refractivity contribution in [3.8, 4) is 0 Å². The minimum Gasteiger partial charge on any atom is -0.469 e. The van der Waals surface area contributed by atoms with Crippen LogP contribution in [0.25, 0.3) is 0 Å². The summed E-state index contributed by atoms with van der Waals surface area (Å²) in [5, 5.41) is 0. The highest BCUT2D eigenvalue weighted by Gasteiger charge is 2.45. The van der Waals surface area contributed by atoms with E-state index in [9.17, 15) is 24.0 Å². The van der Waals surface area contributed by atoms with Crippen LogP contribution in [0.1, 0.15) is 111 Å². The predicted molar refractivity (Wildman–Crippen MR) is 202 cm³/mol. The summed E-state index contributed by atoms with van der Waals surface area (Å²) in [4.78, 5) is 71.7. The molecule has 0 spiro atoms. The summed E-state index contributed by atoms with van der Waals surface area (Å²) in [7, 11) is 6.27. The number of Topliss-reactive ketones (excluding diaryl/α,β-unsaturated/α-hetero) is 2. The maximum absolute atomic E-state index is 14.2. The Labute approximate surface area is 312 Å². The number of esters is 1. The molecule has 0 saturated carbocycles. The largest absolute Gasteiger partial charge is 0.469 e. The maximum atomic E-state index is 14.2. The molecule has 52 heavy (non-hydrogen) atoms. The zero-order chi connectivity index (χ0) is 39.1. The highest BCUT2D eigenvalue weighted by Crippen LogP contribution is 2.43. The van der Waals surface area contributed by atoms with E-state index >= 15 is 0 Å². The van der Waals surface area contributed by atoms with Crippen LogP contribution in [0.4, 0.5) is 0 Å². The molecule has 3 rings (SSSR count). The van der Waals surface area contributed by atoms with Crippen LogP contribution in [0.5, 0.6) is 0 Å². The Morgan fingerprint density at radius 3 is 2.13 bits per heavy atom. The number of carbonyl (C=O) groups excluding carboxylic acids is 5. The standard InChI is InChI=1S/C42H66N2O8/c1-13-26(4)38(43(9)40(48)30(25(2)3)23-36(46)42(6,7)8)35(50-10)24-37(47)44-20-16-19-33(44)39(51-11)27(5)34(45)22-32(41(49)52-12)31-21-28-17-14-15-18-29(28)31/h14-15,17-18,25-27,30-33,35,38-39H,13,16,19-24H2,1-12H3/t26-,27-,30-,31?,32?,33-,35+,38-,39+/m0/s1. The number of ketones is 2. The van der Waals surface area contributed by atoms with Crippen LogP contribution in [0.3, 0.4) is 0 Å². The summed E-state index contributed by atoms with van der Waals surface area (Å²) in [6.07, 6.45) is 2.04. The van der Waals surface area contributed by atoms with Gasteiger partial charge in [0.1, 0.15) is 11.6 Å². The molecule has 10 nitrogen and oxygen atoms in total. The number of rotatable bonds is 19. The van der Waals surface area contributed by atoms with Gasteiger partial charge >= 0.3 is 5.97 Å². The zero-order valence-corrected chi connectivity index (χ0v) is 33.9. The smallest absolute Gasteiger partial charge is 0.309 e. The van der Waals surface area contributed by atoms with Crippen LogP contribution >= 0.6 is 0 Å². The molecule has 9 atom stereocenters. The molecule has 1 aliphatic carbocycles. The second-order valence-electron chi connectivity index (χ2n) is 16.6. The number of hydrogen-bond donors (Lipinski definition) is 0. The topological polar surface area (TPSA) is 120 Å². The van der Waals surface area contributed by atoms with Gasteiger partial charge in [-0.05, 0) is 42.2 Å². The van der Waals surface area contributed by atoms with Gasteiger partial charge in [0, 0.05) is 63.8 Å². The molecule has 0 bridgehead atoms. The fraction of sp³-hybridized carbons (Fsp3) is 0.738. The maximum Gasteiger partial charge on any atom is 0.309 e. The monoisotopic (exact) mass is 726 g/mol. The third-order valence-corrected chi connectivity index (χ3v) is 12.0. The van der Waals surface area contributed by atoms with Gasteiger partial charge in [-0.25, -0.2) is 0 Å². The van der Waals surface area contributed by atoms with Crippen LogP contribution < -0.4 is 0 Å². The van der Waals surface area contributed by atoms with Crippen LogP contribution in [-0.4, -0.2) is 98.4 Å². The Morgan fingerprint density at radius 2 is 1.60 bits per heavy atom. The lowest BCUT2D eigenvalue weighted by atomic mass is 9.68. The summed E-state index contributed by atoms with van der Waals surface area (Å²) in [5.74, 6) is -2.42. The predicted octanol–water partition coefficient (Wildman–Crippen LogP) is 6.27. The average molecular weight is 727 g/mol. The first-order chi connectivity index (χ1) is 24.4. The third-order valence-electron chi connectivity index (χ3n) is 12.0. The van der Waals surface area contributed by atoms with Gasteiger partial charge in [0.15, 0.2) is 0 Å². The van der Waals surface area contributed by atoms with Crippen molar-refractivity contribution in [3.63, 3.8) is 0 Å². The molecule has 2 amide bonds. The number of amides is 2. The molecule has 0 radical (unpaired) electrons. The fourth-order valence-corrected chi connectivity index (χ4v) is 8.32. The van der Waals surface area contributed by atoms with E-state index in [4.69, 9.17) is 14.2 Å². The Balaban J connectivity index is 1.78. The van der Waals surface area contributed by atoms with E-state index in [1.165, 1.54) is 12.7 Å². The van der Waals surface area contributed by atoms with Crippen molar-refractivity contribution in [1.82, 2.24) is 9.80 Å². The molecule has 2 aliphatic rings. The second kappa shape index (κ2) is 18.8. The van der Waals surface area contributed by atoms with E-state index in [2.05, 4.69) is 13.8 Å². The van der Waals surface area contributed by atoms with Gasteiger partial charge in [-0.1, -0.05) is 86.1 Å². The van der Waals surface area contributed by atoms with Crippen molar-refractivity contribution in [2.45, 2.75) is 131 Å². The first-order valence-corrected chi connectivity index (χ1v) is 19.3. The molecule has 1 fully saturated rings. The Morgan fingerprint density at radius 1 is 0.942 bits per heavy atom. The van der Waals surface area contributed by atoms with E-state index in [1.807, 2.05) is 70.7 Å². The zero-order valence-electron chi connectivity index (χ0n) is 33.9. The van der Waals surface area contributed by atoms with Gasteiger partial charge < -0.3 is 24.0 Å². The fourth-order valence-electron chi connectivity index (χ4n) is 8.32. The quantitative estimate of drug-likeness (QED) is 0.153. The van der Waals surface area contributed by atoms with Gasteiger partial charge in [0.25, 0.3) is 0 Å². The molecule has 0 aromatic heterocycles. The van der Waals surface area contributed by atoms with Gasteiger partial charge in [0.2, 0.25) is 11.8 Å². The molecule has 292 valence electrons. The van der Waals surface area contributed by atoms with Crippen molar-refractivity contribution in [1.29, 1.82) is 0 Å². The molecule has 1 heterocycles. The number of methoxy groups -OCH3 is 3. The lowest BCUT2D eigenvalue weighted by Gasteiger charge is -2.41. The molecule has 10 heteroatoms. The first-order valence-electron chi connectivity index (χ1n) is 19.3. The van der Waals surface area contributed by atoms with E-state index in [0.717, 1.165) is 24.8 Å². The Bertz CT molecular complexity index is 1400. The highest BCUT2D eigenvalue weighted by atomic mass is 16.5. The second-order valence-corrected chi connectivity index (χ2v) is 16.6. The lowest BCUT2D eigenvalue weighted by Crippen LogP contribution is -2.54. The van der Waals surface area contributed by atoms with E-state index in [1.54, 1.807) is 26.2 Å². The Kier molecular flexibility index (Phi) is 15.6. The van der Waals surface area contributed by atoms with E-state index in [0.29, 0.717) is 13.0 Å². The van der Waals surface area contributed by atoms with Gasteiger partial charge in [-0.15, -0.1) is 0 Å². The summed E-state index contributed by atoms with van der Waals surface area (Å²) >= 11 is 0. The van der Waals surface area contributed by atoms with Crippen LogP contribution in [0.2, 0.25) is 0 Å². The minimum absolute atomic E-state index is 0.0157. The molecule has 1 saturated heterocycles. The van der Waals surface area contributed by atoms with Crippen molar-refractivity contribution in [3.05, 3.63) is 35.4 Å². The third kappa shape index (κ3) is 9.90. The number of ether oxygens (including phenoxy) is 3. The SMILES string of the molecule is CC[C@H](C)[C@@H]([C@@H](CC(=O)N1CCC[C@H]1[C@H](OC)[C@@H](C)C(=O)CC(C(=O)OC)C1Cc2ccccc21)OC)N(C)C(=O)[C@@H](CC(=O)C(C)(C)C)C(C)C. The normalized spacial score (nSPS) is 21.2. The summed E-state index contributed by atoms with van der Waals surface area (Å²) in [6.45, 7) is 16.0. The van der Waals surface area contributed by atoms with Gasteiger partial charge in [-0.3, -0.25) is 24.0 Å². The average Bonchev–Trinajstić information content (AvgIpc) is 3.58. The van der Waals surface area contributed by atoms with Crippen molar-refractivity contribution in [2.75, 3.05) is 34.9 Å². The molecular weight excluding hydrogens is 660 g/mol. The molecule has 1 aromatic rings. The lowest BCUT2D eigenvalue weighted by molar-refractivity contribution is -0.150. The van der Waals surface area contributed by atoms with E-state index in [-0.39, 0.29) is 66.4 Å². The molecular formula is C42H66N2O8. The van der Waals surface area contributed by atoms with Crippen molar-refractivity contribution >= 4 is 29.4 Å². The number of fused-ring (bicyclic) bond motifs is 1. The number of benzene rings is 1. The Hall–Kier alpha value is -3.11. The van der Waals surface area contributed by atoms with Crippen LogP contribution in [-0.2, 0) is 44.6 Å². The van der Waals surface area contributed by atoms with Gasteiger partial charge in [-0.2, -0.15) is 0 Å². The number of likely N-dealkylation sites (N-methyl/N-ethyl adjacent to an activating group) is 1. The molecule has 2 unspecified atom stereocenters. The number of hydrogen-bond acceptors (Lipinski definition) is 8. The number of nitrogens with zero attached hydrogens (tertiary/aromatic N) is 2. The molecule has 0 N–H and O–H groups in total. The highest BCUT2D eigenvalue weighted by molar-refractivity contribution is 5.90. The van der Waals surface area contributed by atoms with Crippen LogP contribution in [0, 0.1) is 35.0 Å². The van der Waals surface area contributed by atoms with Gasteiger partial charge in [0.05, 0.1) is 43.7 Å². The summed E-state index contributed by atoms with van der Waals surface area (Å²) in [6, 6.07) is 7.26. The van der Waals surface area contributed by atoms with Crippen LogP contribution in [0.15, 0.2) is 24.3 Å². The van der Waals surface area contributed by atoms with Crippen molar-refractivity contribution in [2.24, 2.45) is 35.0 Å². The summed E-state index contributed by atoms with van der Waals surface area (Å²) < 4.78 is 17.2. The molecule has 1 aliphatic heterocycles. The van der Waals surface area contributed by atoms with Crippen molar-refractivity contribution < 1.29 is 38.2 Å². The first kappa shape index (κ1) is 43.3.